The summed E-state index contributed by atoms with van der Waals surface area (Å²) in [7, 11) is 0. The molecule has 4 rings (SSSR count). The van der Waals surface area contributed by atoms with Gasteiger partial charge in [-0.3, -0.25) is 4.99 Å². The van der Waals surface area contributed by atoms with Crippen molar-refractivity contribution in [3.05, 3.63) is 48.0 Å². The molecule has 0 bridgehead atoms. The molecule has 1 fully saturated rings. The van der Waals surface area contributed by atoms with Crippen LogP contribution in [0.5, 0.6) is 0 Å². The van der Waals surface area contributed by atoms with E-state index in [0.717, 1.165) is 25.5 Å². The van der Waals surface area contributed by atoms with E-state index >= 15 is 0 Å². The van der Waals surface area contributed by atoms with Gasteiger partial charge in [0.25, 0.3) is 0 Å². The van der Waals surface area contributed by atoms with E-state index in [1.54, 1.807) is 0 Å². The predicted octanol–water partition coefficient (Wildman–Crippen LogP) is 2.93. The van der Waals surface area contributed by atoms with Crippen molar-refractivity contribution in [1.29, 1.82) is 0 Å². The van der Waals surface area contributed by atoms with Crippen LogP contribution in [0.2, 0.25) is 0 Å². The lowest BCUT2D eigenvalue weighted by Crippen LogP contribution is -2.37. The molecule has 1 N–H and O–H groups in total. The molecular formula is C17H19N3. The van der Waals surface area contributed by atoms with Crippen molar-refractivity contribution >= 4 is 16.7 Å². The summed E-state index contributed by atoms with van der Waals surface area (Å²) in [5.41, 5.74) is 1.44. The van der Waals surface area contributed by atoms with Crippen LogP contribution < -0.4 is 5.32 Å². The summed E-state index contributed by atoms with van der Waals surface area (Å²) >= 11 is 0. The van der Waals surface area contributed by atoms with Crippen molar-refractivity contribution in [3.63, 3.8) is 0 Å². The molecule has 2 aromatic rings. The number of hydrogen-bond donors (Lipinski definition) is 1. The van der Waals surface area contributed by atoms with Crippen LogP contribution in [0.25, 0.3) is 10.8 Å². The first-order valence-electron chi connectivity index (χ1n) is 7.38. The third-order valence-corrected chi connectivity index (χ3v) is 4.34. The van der Waals surface area contributed by atoms with Crippen molar-refractivity contribution in [3.8, 4) is 0 Å². The van der Waals surface area contributed by atoms with Gasteiger partial charge in [-0.25, -0.2) is 0 Å². The van der Waals surface area contributed by atoms with Crippen LogP contribution in [0.3, 0.4) is 0 Å². The highest BCUT2D eigenvalue weighted by Crippen LogP contribution is 2.34. The summed E-state index contributed by atoms with van der Waals surface area (Å²) in [6.45, 7) is 4.19. The minimum absolute atomic E-state index is 0.450. The van der Waals surface area contributed by atoms with E-state index in [4.69, 9.17) is 0 Å². The molecule has 0 aromatic heterocycles. The Labute approximate surface area is 119 Å². The molecule has 0 saturated carbocycles. The van der Waals surface area contributed by atoms with E-state index in [2.05, 4.69) is 64.6 Å². The maximum Gasteiger partial charge on any atom is 0.194 e. The van der Waals surface area contributed by atoms with Gasteiger partial charge in [-0.15, -0.1) is 0 Å². The lowest BCUT2D eigenvalue weighted by atomic mass is 9.95. The first-order valence-corrected chi connectivity index (χ1v) is 7.38. The van der Waals surface area contributed by atoms with Crippen LogP contribution in [0.1, 0.15) is 24.9 Å². The summed E-state index contributed by atoms with van der Waals surface area (Å²) in [6.07, 6.45) is 1.10. The van der Waals surface area contributed by atoms with Crippen LogP contribution in [0, 0.1) is 0 Å². The van der Waals surface area contributed by atoms with Crippen molar-refractivity contribution < 1.29 is 0 Å². The second kappa shape index (κ2) is 4.51. The number of guanidine groups is 1. The Hall–Kier alpha value is -2.03. The van der Waals surface area contributed by atoms with Gasteiger partial charge in [-0.05, 0) is 29.7 Å². The third kappa shape index (κ3) is 1.77. The van der Waals surface area contributed by atoms with Gasteiger partial charge in [0.05, 0.1) is 6.04 Å². The summed E-state index contributed by atoms with van der Waals surface area (Å²) in [5.74, 6) is 1.08. The van der Waals surface area contributed by atoms with Gasteiger partial charge in [-0.1, -0.05) is 42.5 Å². The topological polar surface area (TPSA) is 27.6 Å². The van der Waals surface area contributed by atoms with Crippen molar-refractivity contribution in [1.82, 2.24) is 10.2 Å². The quantitative estimate of drug-likeness (QED) is 0.858. The molecular weight excluding hydrogens is 246 g/mol. The number of benzene rings is 2. The standard InChI is InChI=1S/C17H19N3/c1-12-11-20-16(9-10-18-17(20)19-12)15-8-4-6-13-5-2-3-7-14(13)15/h2-8,12,16H,9-11H2,1H3,(H,18,19). The Morgan fingerprint density at radius 2 is 2.00 bits per heavy atom. The number of aliphatic imine (C=N–C) groups is 1. The fraction of sp³-hybridized carbons (Fsp3) is 0.353. The van der Waals surface area contributed by atoms with Crippen LogP contribution in [-0.2, 0) is 0 Å². The molecule has 2 aliphatic heterocycles. The van der Waals surface area contributed by atoms with Gasteiger partial charge in [0.2, 0.25) is 0 Å². The van der Waals surface area contributed by atoms with Crippen LogP contribution in [0.15, 0.2) is 47.5 Å². The normalized spacial score (nSPS) is 25.2. The van der Waals surface area contributed by atoms with Gasteiger partial charge >= 0.3 is 0 Å². The first kappa shape index (κ1) is 11.8. The molecule has 20 heavy (non-hydrogen) atoms. The Kier molecular flexibility index (Phi) is 2.66. The minimum Gasteiger partial charge on any atom is -0.352 e. The molecule has 3 heteroatoms. The molecule has 0 aliphatic carbocycles. The Morgan fingerprint density at radius 1 is 1.15 bits per heavy atom. The monoisotopic (exact) mass is 265 g/mol. The Bertz CT molecular complexity index is 671. The molecule has 0 spiro atoms. The van der Waals surface area contributed by atoms with E-state index in [1.165, 1.54) is 16.3 Å². The average Bonchev–Trinajstić information content (AvgIpc) is 2.87. The molecule has 0 radical (unpaired) electrons. The highest BCUT2D eigenvalue weighted by atomic mass is 15.4. The number of nitrogens with one attached hydrogen (secondary N) is 1. The molecule has 0 amide bonds. The first-order chi connectivity index (χ1) is 9.83. The van der Waals surface area contributed by atoms with E-state index < -0.39 is 0 Å². The molecule has 2 unspecified atom stereocenters. The number of hydrogen-bond acceptors (Lipinski definition) is 3. The predicted molar refractivity (Wildman–Crippen MR) is 82.9 cm³/mol. The van der Waals surface area contributed by atoms with Gasteiger partial charge in [0.15, 0.2) is 5.96 Å². The van der Waals surface area contributed by atoms with Crippen molar-refractivity contribution in [2.24, 2.45) is 4.99 Å². The maximum absolute atomic E-state index is 4.63. The van der Waals surface area contributed by atoms with E-state index in [1.807, 2.05) is 0 Å². The molecule has 1 saturated heterocycles. The maximum atomic E-state index is 4.63. The summed E-state index contributed by atoms with van der Waals surface area (Å²) in [5, 5.41) is 6.18. The lowest BCUT2D eigenvalue weighted by Gasteiger charge is -2.33. The zero-order valence-electron chi connectivity index (χ0n) is 11.7. The zero-order valence-corrected chi connectivity index (χ0v) is 11.7. The average molecular weight is 265 g/mol. The van der Waals surface area contributed by atoms with Crippen LogP contribution in [-0.4, -0.2) is 30.0 Å². The Balaban J connectivity index is 1.81. The fourth-order valence-electron chi connectivity index (χ4n) is 3.45. The molecule has 3 nitrogen and oxygen atoms in total. The Morgan fingerprint density at radius 3 is 2.95 bits per heavy atom. The van der Waals surface area contributed by atoms with Gasteiger partial charge in [0.1, 0.15) is 0 Å². The lowest BCUT2D eigenvalue weighted by molar-refractivity contribution is 0.307. The van der Waals surface area contributed by atoms with Crippen LogP contribution >= 0.6 is 0 Å². The van der Waals surface area contributed by atoms with Gasteiger partial charge in [-0.2, -0.15) is 0 Å². The highest BCUT2D eigenvalue weighted by molar-refractivity contribution is 5.88. The summed E-state index contributed by atoms with van der Waals surface area (Å²) in [6, 6.07) is 16.3. The SMILES string of the molecule is CC1CN2C(=NCCC2c2cccc3ccccc23)N1. The van der Waals surface area contributed by atoms with Crippen LogP contribution in [0.4, 0.5) is 0 Å². The van der Waals surface area contributed by atoms with E-state index in [0.29, 0.717) is 12.1 Å². The fourth-order valence-corrected chi connectivity index (χ4v) is 3.45. The molecule has 102 valence electrons. The summed E-state index contributed by atoms with van der Waals surface area (Å²) in [4.78, 5) is 7.07. The molecule has 2 aliphatic rings. The van der Waals surface area contributed by atoms with E-state index in [9.17, 15) is 0 Å². The number of nitrogens with zero attached hydrogens (tertiary/aromatic N) is 2. The number of rotatable bonds is 1. The molecule has 2 atom stereocenters. The molecule has 2 aromatic carbocycles. The van der Waals surface area contributed by atoms with Gasteiger partial charge in [0, 0.05) is 19.1 Å². The second-order valence-electron chi connectivity index (χ2n) is 5.78. The van der Waals surface area contributed by atoms with Crippen molar-refractivity contribution in [2.75, 3.05) is 13.1 Å². The number of fused-ring (bicyclic) bond motifs is 2. The third-order valence-electron chi connectivity index (χ3n) is 4.34. The zero-order chi connectivity index (χ0) is 13.5. The smallest absolute Gasteiger partial charge is 0.194 e. The largest absolute Gasteiger partial charge is 0.352 e. The summed E-state index contributed by atoms with van der Waals surface area (Å²) < 4.78 is 0. The minimum atomic E-state index is 0.450. The second-order valence-corrected chi connectivity index (χ2v) is 5.78. The van der Waals surface area contributed by atoms with Crippen molar-refractivity contribution in [2.45, 2.75) is 25.4 Å². The highest BCUT2D eigenvalue weighted by Gasteiger charge is 2.33. The van der Waals surface area contributed by atoms with Gasteiger partial charge < -0.3 is 10.2 Å². The molecule has 2 heterocycles. The van der Waals surface area contributed by atoms with E-state index in [-0.39, 0.29) is 0 Å².